The number of allylic oxidation sites excluding steroid dienone is 1. The zero-order valence-electron chi connectivity index (χ0n) is 25.2. The molecule has 1 unspecified atom stereocenters. The van der Waals surface area contributed by atoms with Gasteiger partial charge in [-0.15, -0.1) is 0 Å². The Morgan fingerprint density at radius 1 is 1.05 bits per heavy atom. The third kappa shape index (κ3) is 9.81. The first kappa shape index (κ1) is 31.5. The van der Waals surface area contributed by atoms with Crippen LogP contribution in [-0.4, -0.2) is 37.8 Å². The molecule has 208 valence electrons. The molecule has 1 N–H and O–H groups in total. The number of rotatable bonds is 12. The van der Waals surface area contributed by atoms with Gasteiger partial charge in [0.1, 0.15) is 0 Å². The molecule has 1 aromatic carbocycles. The Kier molecular flexibility index (Phi) is 10.9. The summed E-state index contributed by atoms with van der Waals surface area (Å²) in [6.07, 6.45) is 5.39. The molecule has 0 bridgehead atoms. The summed E-state index contributed by atoms with van der Waals surface area (Å²) in [5.74, 6) is 0.315. The summed E-state index contributed by atoms with van der Waals surface area (Å²) in [6, 6.07) is 5.03. The topological polar surface area (TPSA) is 64.6 Å². The SMILES string of the molecule is Cc1cc(C)c(C(=O)CCC[Si](C)(C)C)c(NC(=O)C[C@@H]2OC(C)(C)O[C@@H]2C(C)/C=C\[C@@H](C)C(C)C)c1. The minimum Gasteiger partial charge on any atom is -0.344 e. The van der Waals surface area contributed by atoms with Crippen LogP contribution in [0.2, 0.25) is 25.7 Å². The number of ether oxygens (including phenoxy) is 2. The molecule has 1 aliphatic heterocycles. The van der Waals surface area contributed by atoms with Crippen LogP contribution < -0.4 is 5.32 Å². The van der Waals surface area contributed by atoms with Gasteiger partial charge in [0.15, 0.2) is 11.6 Å². The van der Waals surface area contributed by atoms with Crippen LogP contribution in [0.15, 0.2) is 24.3 Å². The van der Waals surface area contributed by atoms with Gasteiger partial charge in [0.25, 0.3) is 0 Å². The van der Waals surface area contributed by atoms with Crippen LogP contribution in [0.25, 0.3) is 0 Å². The van der Waals surface area contributed by atoms with Gasteiger partial charge in [-0.05, 0) is 63.1 Å². The maximum Gasteiger partial charge on any atom is 0.227 e. The molecule has 6 heteroatoms. The number of carbonyl (C=O) groups excluding carboxylic acids is 2. The number of hydrogen-bond donors (Lipinski definition) is 1. The van der Waals surface area contributed by atoms with Gasteiger partial charge in [-0.25, -0.2) is 0 Å². The Hall–Kier alpha value is -1.76. The van der Waals surface area contributed by atoms with E-state index in [1.165, 1.54) is 0 Å². The molecule has 1 fully saturated rings. The molecule has 2 rings (SSSR count). The van der Waals surface area contributed by atoms with Crippen molar-refractivity contribution in [3.05, 3.63) is 41.0 Å². The van der Waals surface area contributed by atoms with E-state index < -0.39 is 13.9 Å². The minimum atomic E-state index is -1.21. The van der Waals surface area contributed by atoms with Crippen molar-refractivity contribution in [3.8, 4) is 0 Å². The van der Waals surface area contributed by atoms with E-state index in [0.717, 1.165) is 23.6 Å². The van der Waals surface area contributed by atoms with Gasteiger partial charge in [-0.1, -0.05) is 71.6 Å². The van der Waals surface area contributed by atoms with Gasteiger partial charge in [-0.3, -0.25) is 9.59 Å². The van der Waals surface area contributed by atoms with Crippen LogP contribution in [-0.2, 0) is 14.3 Å². The summed E-state index contributed by atoms with van der Waals surface area (Å²) in [7, 11) is -1.21. The lowest BCUT2D eigenvalue weighted by molar-refractivity contribution is -0.150. The van der Waals surface area contributed by atoms with Crippen LogP contribution in [0, 0.1) is 31.6 Å². The quantitative estimate of drug-likeness (QED) is 0.170. The van der Waals surface area contributed by atoms with Gasteiger partial charge >= 0.3 is 0 Å². The number of anilines is 1. The molecule has 37 heavy (non-hydrogen) atoms. The molecule has 1 aromatic rings. The fourth-order valence-corrected chi connectivity index (χ4v) is 6.11. The second-order valence-corrected chi connectivity index (χ2v) is 18.7. The minimum absolute atomic E-state index is 0.101. The van der Waals surface area contributed by atoms with E-state index in [9.17, 15) is 9.59 Å². The summed E-state index contributed by atoms with van der Waals surface area (Å²) >= 11 is 0. The Morgan fingerprint density at radius 2 is 1.70 bits per heavy atom. The Morgan fingerprint density at radius 3 is 2.30 bits per heavy atom. The first-order valence-electron chi connectivity index (χ1n) is 14.0. The van der Waals surface area contributed by atoms with Crippen molar-refractivity contribution in [2.45, 2.75) is 118 Å². The van der Waals surface area contributed by atoms with E-state index in [1.54, 1.807) is 0 Å². The smallest absolute Gasteiger partial charge is 0.227 e. The lowest BCUT2D eigenvalue weighted by Crippen LogP contribution is -2.32. The maximum atomic E-state index is 13.3. The third-order valence-electron chi connectivity index (χ3n) is 7.26. The van der Waals surface area contributed by atoms with Crippen molar-refractivity contribution in [1.29, 1.82) is 0 Å². The number of ketones is 1. The molecule has 0 aromatic heterocycles. The molecule has 1 heterocycles. The van der Waals surface area contributed by atoms with Crippen LogP contribution in [0.4, 0.5) is 5.69 Å². The van der Waals surface area contributed by atoms with E-state index in [4.69, 9.17) is 9.47 Å². The van der Waals surface area contributed by atoms with E-state index in [-0.39, 0.29) is 36.2 Å². The van der Waals surface area contributed by atoms with Gasteiger partial charge in [-0.2, -0.15) is 0 Å². The van der Waals surface area contributed by atoms with Crippen LogP contribution >= 0.6 is 0 Å². The van der Waals surface area contributed by atoms with Crippen molar-refractivity contribution < 1.29 is 19.1 Å². The number of Topliss-reactive ketones (excluding diaryl/α,β-unsaturated/α-hetero) is 1. The third-order valence-corrected chi connectivity index (χ3v) is 9.11. The van der Waals surface area contributed by atoms with Crippen molar-refractivity contribution >= 4 is 25.5 Å². The Labute approximate surface area is 226 Å². The van der Waals surface area contributed by atoms with E-state index in [0.29, 0.717) is 29.5 Å². The van der Waals surface area contributed by atoms with Crippen molar-refractivity contribution in [2.75, 3.05) is 5.32 Å². The van der Waals surface area contributed by atoms with E-state index >= 15 is 0 Å². The maximum absolute atomic E-state index is 13.3. The summed E-state index contributed by atoms with van der Waals surface area (Å²) in [4.78, 5) is 26.5. The number of hydrogen-bond acceptors (Lipinski definition) is 4. The van der Waals surface area contributed by atoms with Crippen LogP contribution in [0.5, 0.6) is 0 Å². The number of aryl methyl sites for hydroxylation is 2. The highest BCUT2D eigenvalue weighted by molar-refractivity contribution is 6.76. The zero-order valence-corrected chi connectivity index (χ0v) is 26.2. The van der Waals surface area contributed by atoms with Gasteiger partial charge < -0.3 is 14.8 Å². The highest BCUT2D eigenvalue weighted by Gasteiger charge is 2.44. The van der Waals surface area contributed by atoms with E-state index in [2.05, 4.69) is 64.8 Å². The van der Waals surface area contributed by atoms with Crippen molar-refractivity contribution in [2.24, 2.45) is 17.8 Å². The predicted octanol–water partition coefficient (Wildman–Crippen LogP) is 7.94. The first-order valence-corrected chi connectivity index (χ1v) is 17.7. The molecule has 0 aliphatic carbocycles. The van der Waals surface area contributed by atoms with Gasteiger partial charge in [0.2, 0.25) is 5.91 Å². The lowest BCUT2D eigenvalue weighted by atomic mass is 9.92. The Balaban J connectivity index is 2.17. The fraction of sp³-hybridized carbons (Fsp3) is 0.677. The molecule has 1 amide bonds. The molecule has 0 spiro atoms. The summed E-state index contributed by atoms with van der Waals surface area (Å²) in [5, 5.41) is 3.05. The number of amides is 1. The summed E-state index contributed by atoms with van der Waals surface area (Å²) in [6.45, 7) is 23.5. The monoisotopic (exact) mass is 529 g/mol. The first-order chi connectivity index (χ1) is 17.0. The zero-order chi connectivity index (χ0) is 28.1. The fourth-order valence-electron chi connectivity index (χ4n) is 4.87. The largest absolute Gasteiger partial charge is 0.344 e. The molecule has 4 atom stereocenters. The number of carbonyl (C=O) groups is 2. The molecule has 1 saturated heterocycles. The normalized spacial score (nSPS) is 21.4. The molecular formula is C31H51NO4Si. The van der Waals surface area contributed by atoms with Crippen LogP contribution in [0.1, 0.15) is 82.3 Å². The molecular weight excluding hydrogens is 478 g/mol. The average Bonchev–Trinajstić information content (AvgIpc) is 3.03. The Bertz CT molecular complexity index is 976. The molecule has 1 aliphatic rings. The van der Waals surface area contributed by atoms with Gasteiger partial charge in [0.05, 0.1) is 24.3 Å². The second kappa shape index (κ2) is 12.9. The summed E-state index contributed by atoms with van der Waals surface area (Å²) < 4.78 is 12.4. The van der Waals surface area contributed by atoms with Crippen molar-refractivity contribution in [1.82, 2.24) is 0 Å². The predicted molar refractivity (Wildman–Crippen MR) is 157 cm³/mol. The van der Waals surface area contributed by atoms with Crippen molar-refractivity contribution in [3.63, 3.8) is 0 Å². The number of benzene rings is 1. The molecule has 0 saturated carbocycles. The van der Waals surface area contributed by atoms with Gasteiger partial charge in [0, 0.05) is 26.0 Å². The average molecular weight is 530 g/mol. The lowest BCUT2D eigenvalue weighted by Gasteiger charge is -2.22. The standard InChI is InChI=1S/C31H51NO4Si/c1-20(2)22(4)14-15-23(5)30-27(35-31(7,8)36-30)19-28(34)32-25-18-21(3)17-24(6)29(25)26(33)13-12-16-37(9,10)11/h14-15,17-18,20,22-23,27,30H,12-13,16,19H2,1-11H3,(H,32,34)/b15-14-/t22-,23?,27+,30-/m1/s1. The highest BCUT2D eigenvalue weighted by Crippen LogP contribution is 2.35. The highest BCUT2D eigenvalue weighted by atomic mass is 28.3. The molecule has 5 nitrogen and oxygen atoms in total. The van der Waals surface area contributed by atoms with E-state index in [1.807, 2.05) is 39.8 Å². The molecule has 0 radical (unpaired) electrons. The van der Waals surface area contributed by atoms with Crippen LogP contribution in [0.3, 0.4) is 0 Å². The second-order valence-electron chi connectivity index (χ2n) is 13.1. The summed E-state index contributed by atoms with van der Waals surface area (Å²) in [5.41, 5.74) is 3.16. The number of nitrogens with one attached hydrogen (secondary N) is 1.